The van der Waals surface area contributed by atoms with Crippen LogP contribution in [-0.2, 0) is 9.47 Å². The maximum atomic E-state index is 11.7. The molecule has 0 heterocycles. The first-order chi connectivity index (χ1) is 9.23. The van der Waals surface area contributed by atoms with Gasteiger partial charge in [-0.15, -0.1) is 0 Å². The van der Waals surface area contributed by atoms with E-state index in [2.05, 4.69) is 21.2 Å². The van der Waals surface area contributed by atoms with Gasteiger partial charge in [-0.1, -0.05) is 27.5 Å². The Bertz CT molecular complexity index is 514. The predicted molar refractivity (Wildman–Crippen MR) is 80.1 cm³/mol. The lowest BCUT2D eigenvalue weighted by molar-refractivity contribution is 0.0575. The van der Waals surface area contributed by atoms with Crippen LogP contribution < -0.4 is 5.32 Å². The van der Waals surface area contributed by atoms with E-state index in [1.54, 1.807) is 32.9 Å². The van der Waals surface area contributed by atoms with Crippen LogP contribution >= 0.6 is 27.5 Å². The number of carbonyl (C=O) groups is 2. The number of halogens is 2. The fourth-order valence-electron chi connectivity index (χ4n) is 1.34. The van der Waals surface area contributed by atoms with E-state index < -0.39 is 17.7 Å². The summed E-state index contributed by atoms with van der Waals surface area (Å²) >= 11 is 8.62. The number of benzene rings is 1. The highest BCUT2D eigenvalue weighted by Crippen LogP contribution is 2.23. The fraction of sp³-hybridized carbons (Fsp3) is 0.385. The highest BCUT2D eigenvalue weighted by atomic mass is 79.9. The third-order valence-corrected chi connectivity index (χ3v) is 2.63. The van der Waals surface area contributed by atoms with Crippen LogP contribution in [0.1, 0.15) is 31.1 Å². The minimum Gasteiger partial charge on any atom is -0.446 e. The second kappa shape index (κ2) is 6.95. The monoisotopic (exact) mass is 363 g/mol. The van der Waals surface area contributed by atoms with E-state index >= 15 is 0 Å². The Balaban J connectivity index is 2.95. The van der Waals surface area contributed by atoms with E-state index in [1.165, 1.54) is 6.07 Å². The van der Waals surface area contributed by atoms with Crippen molar-refractivity contribution in [1.82, 2.24) is 0 Å². The summed E-state index contributed by atoms with van der Waals surface area (Å²) in [6.45, 7) is 5.24. The number of nitrogens with one attached hydrogen (secondary N) is 1. The topological polar surface area (TPSA) is 64.6 Å². The van der Waals surface area contributed by atoms with Gasteiger partial charge in [-0.25, -0.2) is 9.59 Å². The molecule has 1 N–H and O–H groups in total. The Morgan fingerprint density at radius 2 is 2.00 bits per heavy atom. The molecule has 0 saturated heterocycles. The predicted octanol–water partition coefficient (Wildman–Crippen LogP) is 4.15. The molecule has 0 atom stereocenters. The molecule has 5 nitrogen and oxygen atoms in total. The summed E-state index contributed by atoms with van der Waals surface area (Å²) in [6, 6.07) is 4.49. The van der Waals surface area contributed by atoms with Gasteiger partial charge in [0.1, 0.15) is 5.60 Å². The van der Waals surface area contributed by atoms with Crippen molar-refractivity contribution < 1.29 is 19.1 Å². The Hall–Kier alpha value is -1.27. The molecule has 1 amide bonds. The van der Waals surface area contributed by atoms with Crippen LogP contribution in [0.15, 0.2) is 22.7 Å². The molecule has 0 saturated carbocycles. The Labute approximate surface area is 130 Å². The maximum absolute atomic E-state index is 11.7. The smallest absolute Gasteiger partial charge is 0.412 e. The molecule has 0 bridgehead atoms. The molecule has 0 spiro atoms. The summed E-state index contributed by atoms with van der Waals surface area (Å²) < 4.78 is 10.5. The van der Waals surface area contributed by atoms with E-state index in [0.717, 1.165) is 0 Å². The van der Waals surface area contributed by atoms with Gasteiger partial charge in [0.05, 0.1) is 11.3 Å². The first kappa shape index (κ1) is 16.8. The molecule has 1 aromatic rings. The molecule has 0 aromatic heterocycles. The number of carbonyl (C=O) groups excluding carboxylic acids is 2. The van der Waals surface area contributed by atoms with E-state index in [1.807, 2.05) is 0 Å². The molecule has 0 radical (unpaired) electrons. The number of hydrogen-bond donors (Lipinski definition) is 1. The van der Waals surface area contributed by atoms with E-state index in [9.17, 15) is 9.59 Å². The molecule has 0 aliphatic rings. The molecule has 20 heavy (non-hydrogen) atoms. The van der Waals surface area contributed by atoms with Crippen LogP contribution in [0, 0.1) is 0 Å². The zero-order valence-electron chi connectivity index (χ0n) is 11.3. The zero-order valence-corrected chi connectivity index (χ0v) is 13.7. The van der Waals surface area contributed by atoms with Gasteiger partial charge in [-0.2, -0.15) is 0 Å². The van der Waals surface area contributed by atoms with Crippen molar-refractivity contribution in [1.29, 1.82) is 0 Å². The molecule has 0 unspecified atom stereocenters. The number of amides is 1. The summed E-state index contributed by atoms with van der Waals surface area (Å²) in [6.07, 6.45) is -0.657. The molecule has 1 rings (SSSR count). The Kier molecular flexibility index (Phi) is 5.83. The third-order valence-electron chi connectivity index (χ3n) is 2.02. The van der Waals surface area contributed by atoms with E-state index in [-0.39, 0.29) is 17.3 Å². The van der Waals surface area contributed by atoms with Crippen molar-refractivity contribution in [2.75, 3.05) is 11.4 Å². The molecule has 110 valence electrons. The summed E-state index contributed by atoms with van der Waals surface area (Å²) in [7, 11) is 0. The molecule has 1 aromatic carbocycles. The van der Waals surface area contributed by atoms with Crippen molar-refractivity contribution in [2.45, 2.75) is 26.4 Å². The van der Waals surface area contributed by atoms with Gasteiger partial charge in [0.15, 0.2) is 6.07 Å². The van der Waals surface area contributed by atoms with Crippen molar-refractivity contribution >= 4 is 45.3 Å². The number of alkyl halides is 1. The van der Waals surface area contributed by atoms with Crippen LogP contribution in [0.2, 0.25) is 0 Å². The standard InChI is InChI=1S/C13H15BrClNO4/c1-13(2,3)20-12(18)16-10-6-8(14)4-5-9(10)11(17)19-7-15/h4-6H,7H2,1-3H3,(H,16,18). The van der Waals surface area contributed by atoms with Gasteiger partial charge < -0.3 is 9.47 Å². The van der Waals surface area contributed by atoms with Gasteiger partial charge >= 0.3 is 12.1 Å². The molecule has 0 aliphatic heterocycles. The minimum atomic E-state index is -0.657. The van der Waals surface area contributed by atoms with Crippen LogP contribution in [0.25, 0.3) is 0 Å². The quantitative estimate of drug-likeness (QED) is 0.646. The molecular weight excluding hydrogens is 350 g/mol. The third kappa shape index (κ3) is 5.38. The Morgan fingerprint density at radius 1 is 1.35 bits per heavy atom. The van der Waals surface area contributed by atoms with Gasteiger partial charge in [-0.3, -0.25) is 5.32 Å². The summed E-state index contributed by atoms with van der Waals surface area (Å²) in [4.78, 5) is 23.5. The molecule has 0 aliphatic carbocycles. The average Bonchev–Trinajstić information content (AvgIpc) is 2.26. The zero-order chi connectivity index (χ0) is 15.3. The first-order valence-corrected chi connectivity index (χ1v) is 7.08. The lowest BCUT2D eigenvalue weighted by Crippen LogP contribution is -2.27. The summed E-state index contributed by atoms with van der Waals surface area (Å²) in [5.74, 6) is -0.626. The summed E-state index contributed by atoms with van der Waals surface area (Å²) in [5.41, 5.74) is -0.157. The van der Waals surface area contributed by atoms with Gasteiger partial charge in [0.25, 0.3) is 0 Å². The number of hydrogen-bond acceptors (Lipinski definition) is 4. The van der Waals surface area contributed by atoms with E-state index in [4.69, 9.17) is 21.1 Å². The van der Waals surface area contributed by atoms with Crippen LogP contribution in [0.4, 0.5) is 10.5 Å². The van der Waals surface area contributed by atoms with Gasteiger partial charge in [0, 0.05) is 4.47 Å². The second-order valence-electron chi connectivity index (χ2n) is 4.86. The van der Waals surface area contributed by atoms with Crippen LogP contribution in [0.3, 0.4) is 0 Å². The van der Waals surface area contributed by atoms with Gasteiger partial charge in [0.2, 0.25) is 0 Å². The highest BCUT2D eigenvalue weighted by Gasteiger charge is 2.19. The number of rotatable bonds is 3. The van der Waals surface area contributed by atoms with Crippen LogP contribution in [0.5, 0.6) is 0 Å². The fourth-order valence-corrected chi connectivity index (χ4v) is 1.80. The Morgan fingerprint density at radius 3 is 2.55 bits per heavy atom. The molecular formula is C13H15BrClNO4. The largest absolute Gasteiger partial charge is 0.446 e. The highest BCUT2D eigenvalue weighted by molar-refractivity contribution is 9.10. The molecule has 7 heteroatoms. The van der Waals surface area contributed by atoms with Crippen molar-refractivity contribution in [2.24, 2.45) is 0 Å². The lowest BCUT2D eigenvalue weighted by Gasteiger charge is -2.20. The SMILES string of the molecule is CC(C)(C)OC(=O)Nc1cc(Br)ccc1C(=O)OCCl. The van der Waals surface area contributed by atoms with Crippen LogP contribution in [-0.4, -0.2) is 23.7 Å². The second-order valence-corrected chi connectivity index (χ2v) is 5.99. The van der Waals surface area contributed by atoms with Crippen molar-refractivity contribution in [3.05, 3.63) is 28.2 Å². The average molecular weight is 365 g/mol. The van der Waals surface area contributed by atoms with Gasteiger partial charge in [-0.05, 0) is 39.0 Å². The van der Waals surface area contributed by atoms with Crippen molar-refractivity contribution in [3.63, 3.8) is 0 Å². The minimum absolute atomic E-state index is 0.194. The lowest BCUT2D eigenvalue weighted by atomic mass is 10.2. The number of anilines is 1. The maximum Gasteiger partial charge on any atom is 0.412 e. The number of ether oxygens (including phenoxy) is 2. The normalized spacial score (nSPS) is 10.8. The first-order valence-electron chi connectivity index (χ1n) is 5.75. The number of esters is 1. The van der Waals surface area contributed by atoms with E-state index in [0.29, 0.717) is 4.47 Å². The summed E-state index contributed by atoms with van der Waals surface area (Å²) in [5, 5.41) is 2.51. The van der Waals surface area contributed by atoms with Crippen molar-refractivity contribution in [3.8, 4) is 0 Å². The molecule has 0 fully saturated rings.